The van der Waals surface area contributed by atoms with Crippen molar-refractivity contribution < 1.29 is 9.18 Å². The molecule has 1 N–H and O–H groups in total. The Morgan fingerprint density at radius 2 is 1.74 bits per heavy atom. The summed E-state index contributed by atoms with van der Waals surface area (Å²) in [5.41, 5.74) is 2.13. The fraction of sp³-hybridized carbons (Fsp3) is 0.444. The van der Waals surface area contributed by atoms with E-state index < -0.39 is 0 Å². The van der Waals surface area contributed by atoms with Gasteiger partial charge in [-0.15, -0.1) is 0 Å². The van der Waals surface area contributed by atoms with Gasteiger partial charge < -0.3 is 5.32 Å². The maximum atomic E-state index is 13.1. The van der Waals surface area contributed by atoms with Gasteiger partial charge in [-0.2, -0.15) is 5.10 Å². The molecule has 1 amide bonds. The van der Waals surface area contributed by atoms with Crippen molar-refractivity contribution in [3.63, 3.8) is 0 Å². The number of carbonyl (C=O) groups is 1. The van der Waals surface area contributed by atoms with Crippen molar-refractivity contribution in [2.24, 2.45) is 5.92 Å². The molecular formula is C18H24FN3O. The minimum Gasteiger partial charge on any atom is -0.349 e. The van der Waals surface area contributed by atoms with Gasteiger partial charge in [0.2, 0.25) is 0 Å². The van der Waals surface area contributed by atoms with E-state index in [0.717, 1.165) is 11.4 Å². The molecule has 1 aromatic carbocycles. The summed E-state index contributed by atoms with van der Waals surface area (Å²) in [6.45, 7) is 10.1. The third kappa shape index (κ3) is 3.78. The van der Waals surface area contributed by atoms with E-state index in [1.807, 2.05) is 20.8 Å². The van der Waals surface area contributed by atoms with Gasteiger partial charge >= 0.3 is 0 Å². The fourth-order valence-corrected chi connectivity index (χ4v) is 2.33. The van der Waals surface area contributed by atoms with Crippen LogP contribution in [0.5, 0.6) is 0 Å². The van der Waals surface area contributed by atoms with E-state index in [0.29, 0.717) is 11.5 Å². The molecule has 124 valence electrons. The van der Waals surface area contributed by atoms with Crippen LogP contribution in [0.2, 0.25) is 0 Å². The van der Waals surface area contributed by atoms with Gasteiger partial charge in [-0.05, 0) is 43.0 Å². The third-order valence-electron chi connectivity index (χ3n) is 4.03. The Kier molecular flexibility index (Phi) is 5.19. The number of nitrogens with one attached hydrogen (secondary N) is 1. The largest absolute Gasteiger partial charge is 0.349 e. The second-order valence-electron chi connectivity index (χ2n) is 6.49. The number of halogens is 1. The summed E-state index contributed by atoms with van der Waals surface area (Å²) in [6, 6.07) is 6.18. The quantitative estimate of drug-likeness (QED) is 0.909. The topological polar surface area (TPSA) is 46.9 Å². The van der Waals surface area contributed by atoms with Crippen LogP contribution in [0.25, 0.3) is 5.69 Å². The van der Waals surface area contributed by atoms with Crippen molar-refractivity contribution in [2.75, 3.05) is 0 Å². The van der Waals surface area contributed by atoms with E-state index in [-0.39, 0.29) is 23.7 Å². The van der Waals surface area contributed by atoms with Crippen LogP contribution < -0.4 is 5.32 Å². The first-order chi connectivity index (χ1) is 10.8. The summed E-state index contributed by atoms with van der Waals surface area (Å²) in [7, 11) is 0. The molecule has 0 fully saturated rings. The smallest absolute Gasteiger partial charge is 0.255 e. The molecular weight excluding hydrogens is 293 g/mol. The predicted molar refractivity (Wildman–Crippen MR) is 89.4 cm³/mol. The first-order valence-corrected chi connectivity index (χ1v) is 7.96. The lowest BCUT2D eigenvalue weighted by molar-refractivity contribution is 0.0929. The molecule has 0 spiro atoms. The number of amides is 1. The van der Waals surface area contributed by atoms with Crippen LogP contribution in [0, 0.1) is 11.7 Å². The van der Waals surface area contributed by atoms with Crippen LogP contribution in [-0.2, 0) is 0 Å². The minimum absolute atomic E-state index is 0.0803. The Bertz CT molecular complexity index is 674. The van der Waals surface area contributed by atoms with Crippen molar-refractivity contribution in [2.45, 2.75) is 46.6 Å². The molecule has 23 heavy (non-hydrogen) atoms. The summed E-state index contributed by atoms with van der Waals surface area (Å²) in [5.74, 6) is 0.0465. The normalized spacial score (nSPS) is 12.7. The van der Waals surface area contributed by atoms with Crippen LogP contribution in [0.4, 0.5) is 4.39 Å². The lowest BCUT2D eigenvalue weighted by Gasteiger charge is -2.18. The Morgan fingerprint density at radius 1 is 1.13 bits per heavy atom. The van der Waals surface area contributed by atoms with Crippen molar-refractivity contribution >= 4 is 5.91 Å². The number of hydrogen-bond donors (Lipinski definition) is 1. The number of benzene rings is 1. The monoisotopic (exact) mass is 317 g/mol. The number of nitrogens with zero attached hydrogens (tertiary/aromatic N) is 2. The molecule has 1 unspecified atom stereocenters. The number of aromatic nitrogens is 2. The lowest BCUT2D eigenvalue weighted by atomic mass is 10.0. The third-order valence-corrected chi connectivity index (χ3v) is 4.03. The van der Waals surface area contributed by atoms with E-state index in [4.69, 9.17) is 0 Å². The van der Waals surface area contributed by atoms with Crippen LogP contribution in [-0.4, -0.2) is 21.7 Å². The highest BCUT2D eigenvalue weighted by Gasteiger charge is 2.22. The summed E-state index contributed by atoms with van der Waals surface area (Å²) >= 11 is 0. The first-order valence-electron chi connectivity index (χ1n) is 7.96. The van der Waals surface area contributed by atoms with Gasteiger partial charge in [0.1, 0.15) is 5.82 Å². The fourth-order valence-electron chi connectivity index (χ4n) is 2.33. The lowest BCUT2D eigenvalue weighted by Crippen LogP contribution is -2.36. The van der Waals surface area contributed by atoms with Crippen LogP contribution in [0.1, 0.15) is 56.6 Å². The van der Waals surface area contributed by atoms with Gasteiger partial charge in [-0.3, -0.25) is 4.79 Å². The molecule has 0 radical (unpaired) electrons. The summed E-state index contributed by atoms with van der Waals surface area (Å²) < 4.78 is 14.8. The van der Waals surface area contributed by atoms with E-state index in [1.54, 1.807) is 23.0 Å². The van der Waals surface area contributed by atoms with Crippen LogP contribution in [0.15, 0.2) is 30.5 Å². The molecule has 0 aliphatic heterocycles. The molecule has 2 aromatic rings. The molecule has 0 bridgehead atoms. The highest BCUT2D eigenvalue weighted by Crippen LogP contribution is 2.23. The SMILES string of the molecule is CC(C)c1c(C(=O)NC(C)C(C)C)cnn1-c1ccc(F)cc1. The van der Waals surface area contributed by atoms with Gasteiger partial charge in [-0.25, -0.2) is 9.07 Å². The molecule has 0 aliphatic carbocycles. The zero-order chi connectivity index (χ0) is 17.1. The molecule has 0 aliphatic rings. The molecule has 1 aromatic heterocycles. The minimum atomic E-state index is -0.296. The Morgan fingerprint density at radius 3 is 2.26 bits per heavy atom. The Balaban J connectivity index is 2.39. The Labute approximate surface area is 136 Å². The highest BCUT2D eigenvalue weighted by atomic mass is 19.1. The summed E-state index contributed by atoms with van der Waals surface area (Å²) in [5, 5.41) is 7.36. The van der Waals surface area contributed by atoms with Crippen molar-refractivity contribution in [1.29, 1.82) is 0 Å². The number of hydrogen-bond acceptors (Lipinski definition) is 2. The molecule has 1 atom stereocenters. The molecule has 5 heteroatoms. The second kappa shape index (κ2) is 6.94. The van der Waals surface area contributed by atoms with Gasteiger partial charge in [-0.1, -0.05) is 27.7 Å². The average molecular weight is 317 g/mol. The van der Waals surface area contributed by atoms with E-state index >= 15 is 0 Å². The number of carbonyl (C=O) groups excluding carboxylic acids is 1. The second-order valence-corrected chi connectivity index (χ2v) is 6.49. The van der Waals surface area contributed by atoms with E-state index in [2.05, 4.69) is 24.3 Å². The highest BCUT2D eigenvalue weighted by molar-refractivity contribution is 5.95. The van der Waals surface area contributed by atoms with Crippen molar-refractivity contribution in [3.05, 3.63) is 47.5 Å². The maximum absolute atomic E-state index is 13.1. The number of rotatable bonds is 5. The first kappa shape index (κ1) is 17.2. The van der Waals surface area contributed by atoms with Gasteiger partial charge in [0.15, 0.2) is 0 Å². The zero-order valence-electron chi connectivity index (χ0n) is 14.3. The van der Waals surface area contributed by atoms with Gasteiger partial charge in [0, 0.05) is 6.04 Å². The molecule has 2 rings (SSSR count). The predicted octanol–water partition coefficient (Wildman–Crippen LogP) is 3.91. The van der Waals surface area contributed by atoms with Gasteiger partial charge in [0.05, 0.1) is 23.1 Å². The van der Waals surface area contributed by atoms with Crippen LogP contribution >= 0.6 is 0 Å². The Hall–Kier alpha value is -2.17. The molecule has 0 saturated heterocycles. The van der Waals surface area contributed by atoms with E-state index in [1.165, 1.54) is 12.1 Å². The van der Waals surface area contributed by atoms with Crippen LogP contribution in [0.3, 0.4) is 0 Å². The van der Waals surface area contributed by atoms with Crippen molar-refractivity contribution in [3.8, 4) is 5.69 Å². The maximum Gasteiger partial charge on any atom is 0.255 e. The standard InChI is InChI=1S/C18H24FN3O/c1-11(2)13(5)21-18(23)16-10-20-22(17(16)12(3)4)15-8-6-14(19)7-9-15/h6-13H,1-5H3,(H,21,23). The molecule has 1 heterocycles. The van der Waals surface area contributed by atoms with Gasteiger partial charge in [0.25, 0.3) is 5.91 Å². The zero-order valence-corrected chi connectivity index (χ0v) is 14.3. The summed E-state index contributed by atoms with van der Waals surface area (Å²) in [4.78, 5) is 12.6. The average Bonchev–Trinajstić information content (AvgIpc) is 2.92. The summed E-state index contributed by atoms with van der Waals surface area (Å²) in [6.07, 6.45) is 1.58. The van der Waals surface area contributed by atoms with E-state index in [9.17, 15) is 9.18 Å². The molecule has 0 saturated carbocycles. The molecule has 4 nitrogen and oxygen atoms in total. The van der Waals surface area contributed by atoms with Crippen molar-refractivity contribution in [1.82, 2.24) is 15.1 Å².